The minimum atomic E-state index is -1.16. The number of ether oxygens (including phenoxy) is 1. The zero-order valence-electron chi connectivity index (χ0n) is 36.8. The maximum absolute atomic E-state index is 15.0. The van der Waals surface area contributed by atoms with E-state index in [1.54, 1.807) is 13.8 Å². The molecule has 1 aliphatic heterocycles. The number of likely N-dealkylation sites (tertiary alicyclic amines) is 1. The lowest BCUT2D eigenvalue weighted by atomic mass is 9.32. The Bertz CT molecular complexity index is 1630. The van der Waals surface area contributed by atoms with E-state index < -0.39 is 22.8 Å². The average molecular weight is 777 g/mol. The SMILES string of the molecule is C=C(C)[C@@H]1CC[C@@]2(C(=O)NC3CC(C(=O)N4CCCCC4)C3(C)C)CC[C@]3(C)C(CCC4[C@@]5(C)CC[C@H](OC(=O)CC(C)(C)C(=O)O)C(C)(C)C5CC[C@]43C)C12. The fourth-order valence-electron chi connectivity index (χ4n) is 15.6. The van der Waals surface area contributed by atoms with E-state index in [0.717, 1.165) is 96.6 Å². The van der Waals surface area contributed by atoms with Gasteiger partial charge >= 0.3 is 11.9 Å². The zero-order chi connectivity index (χ0) is 41.0. The van der Waals surface area contributed by atoms with Crippen molar-refractivity contribution in [1.29, 1.82) is 0 Å². The molecule has 1 saturated heterocycles. The van der Waals surface area contributed by atoms with E-state index in [1.165, 1.54) is 12.0 Å². The van der Waals surface area contributed by atoms with Gasteiger partial charge in [-0.1, -0.05) is 60.6 Å². The van der Waals surface area contributed by atoms with Crippen LogP contribution in [0.4, 0.5) is 0 Å². The number of carbonyl (C=O) groups is 4. The summed E-state index contributed by atoms with van der Waals surface area (Å²) >= 11 is 0. The average Bonchev–Trinajstić information content (AvgIpc) is 3.53. The first kappa shape index (κ1) is 41.8. The van der Waals surface area contributed by atoms with Gasteiger partial charge in [0.2, 0.25) is 11.8 Å². The van der Waals surface area contributed by atoms with Gasteiger partial charge in [-0.3, -0.25) is 19.2 Å². The molecular weight excluding hydrogens is 701 g/mol. The van der Waals surface area contributed by atoms with E-state index in [2.05, 4.69) is 72.2 Å². The van der Waals surface area contributed by atoms with Crippen LogP contribution in [0.1, 0.15) is 166 Å². The van der Waals surface area contributed by atoms with Gasteiger partial charge in [-0.25, -0.2) is 0 Å². The fourth-order valence-corrected chi connectivity index (χ4v) is 15.6. The maximum atomic E-state index is 15.0. The summed E-state index contributed by atoms with van der Waals surface area (Å²) in [4.78, 5) is 55.6. The Hall–Kier alpha value is -2.38. The number of carbonyl (C=O) groups excluding carboxylic acids is 3. The highest BCUT2D eigenvalue weighted by atomic mass is 16.5. The van der Waals surface area contributed by atoms with Gasteiger partial charge in [0.15, 0.2) is 0 Å². The van der Waals surface area contributed by atoms with Gasteiger partial charge in [-0.05, 0) is 162 Å². The van der Waals surface area contributed by atoms with Crippen LogP contribution in [0.2, 0.25) is 0 Å². The lowest BCUT2D eigenvalue weighted by Crippen LogP contribution is -2.68. The van der Waals surface area contributed by atoms with Crippen molar-refractivity contribution in [2.45, 2.75) is 178 Å². The van der Waals surface area contributed by atoms with Crippen molar-refractivity contribution in [1.82, 2.24) is 10.2 Å². The molecule has 1 heterocycles. The Morgan fingerprint density at radius 3 is 2.11 bits per heavy atom. The Balaban J connectivity index is 1.10. The minimum Gasteiger partial charge on any atom is -0.481 e. The molecule has 314 valence electrons. The molecule has 7 aliphatic rings. The molecule has 0 spiro atoms. The zero-order valence-corrected chi connectivity index (χ0v) is 36.8. The van der Waals surface area contributed by atoms with E-state index in [9.17, 15) is 19.5 Å². The second-order valence-electron chi connectivity index (χ2n) is 23.1. The summed E-state index contributed by atoms with van der Waals surface area (Å²) < 4.78 is 6.20. The molecule has 6 saturated carbocycles. The van der Waals surface area contributed by atoms with Gasteiger partial charge in [0.05, 0.1) is 17.3 Å². The third-order valence-corrected chi connectivity index (χ3v) is 19.4. The number of nitrogens with one attached hydrogen (secondary N) is 1. The minimum absolute atomic E-state index is 0.0193. The van der Waals surface area contributed by atoms with E-state index >= 15 is 4.79 Å². The summed E-state index contributed by atoms with van der Waals surface area (Å²) in [7, 11) is 0. The van der Waals surface area contributed by atoms with Crippen LogP contribution in [0.15, 0.2) is 12.2 Å². The smallest absolute Gasteiger partial charge is 0.309 e. The fraction of sp³-hybridized carbons (Fsp3) is 0.875. The van der Waals surface area contributed by atoms with E-state index in [-0.39, 0.29) is 63.4 Å². The molecule has 7 fully saturated rings. The summed E-state index contributed by atoms with van der Waals surface area (Å²) in [5.41, 5.74) is -0.492. The van der Waals surface area contributed by atoms with Gasteiger partial charge < -0.3 is 20.1 Å². The van der Waals surface area contributed by atoms with Crippen molar-refractivity contribution >= 4 is 23.8 Å². The molecule has 6 unspecified atom stereocenters. The molecule has 0 bridgehead atoms. The van der Waals surface area contributed by atoms with Crippen LogP contribution in [0, 0.1) is 73.4 Å². The number of nitrogens with zero attached hydrogens (tertiary/aromatic N) is 1. The normalized spacial score (nSPS) is 43.8. The van der Waals surface area contributed by atoms with E-state index in [1.807, 2.05) is 0 Å². The van der Waals surface area contributed by atoms with Gasteiger partial charge in [0, 0.05) is 30.5 Å². The first-order valence-corrected chi connectivity index (χ1v) is 22.7. The number of piperidine rings is 1. The second kappa shape index (κ2) is 13.8. The number of carboxylic acid groups (broad SMARTS) is 1. The Kier molecular flexibility index (Phi) is 10.3. The summed E-state index contributed by atoms with van der Waals surface area (Å²) in [5.74, 6) is 1.12. The van der Waals surface area contributed by atoms with Gasteiger partial charge in [-0.15, -0.1) is 0 Å². The third-order valence-electron chi connectivity index (χ3n) is 19.4. The first-order chi connectivity index (χ1) is 26.0. The van der Waals surface area contributed by atoms with E-state index in [4.69, 9.17) is 4.74 Å². The summed E-state index contributed by atoms with van der Waals surface area (Å²) in [5, 5.41) is 13.3. The molecule has 12 atom stereocenters. The largest absolute Gasteiger partial charge is 0.481 e. The number of allylic oxidation sites excluding steroid dienone is 1. The molecule has 2 N–H and O–H groups in total. The number of hydrogen-bond donors (Lipinski definition) is 2. The molecule has 0 aromatic carbocycles. The van der Waals surface area contributed by atoms with Crippen LogP contribution >= 0.6 is 0 Å². The van der Waals surface area contributed by atoms with Crippen molar-refractivity contribution in [3.05, 3.63) is 12.2 Å². The van der Waals surface area contributed by atoms with Crippen molar-refractivity contribution in [3.8, 4) is 0 Å². The first-order valence-electron chi connectivity index (χ1n) is 22.7. The maximum Gasteiger partial charge on any atom is 0.309 e. The predicted octanol–water partition coefficient (Wildman–Crippen LogP) is 9.60. The highest BCUT2D eigenvalue weighted by Gasteiger charge is 2.72. The van der Waals surface area contributed by atoms with Crippen molar-refractivity contribution in [3.63, 3.8) is 0 Å². The standard InChI is InChI=1S/C48H76N2O6/c1-29(2)30-17-22-48(40(53)49-35-27-32(43(35,5)6)39(52)50-25-13-12-14-26-50)24-23-46(10)31(38(30)48)15-16-34-45(9)20-19-36(56-37(51)28-42(3,4)41(54)55)44(7,8)33(45)18-21-47(34,46)11/h30-36,38H,1,12-28H2,2-11H3,(H,49,53)(H,54,55)/t30-,31?,32?,33?,34?,35?,36-,38?,45-,46+,47+,48+/m0/s1. The van der Waals surface area contributed by atoms with Crippen molar-refractivity contribution in [2.75, 3.05) is 13.1 Å². The number of rotatable bonds is 8. The molecule has 0 aromatic heterocycles. The lowest BCUT2D eigenvalue weighted by molar-refractivity contribution is -0.249. The summed E-state index contributed by atoms with van der Waals surface area (Å²) in [6, 6.07) is 0.0193. The molecule has 8 heteroatoms. The molecule has 7 rings (SSSR count). The highest BCUT2D eigenvalue weighted by molar-refractivity contribution is 5.86. The summed E-state index contributed by atoms with van der Waals surface area (Å²) in [6.07, 6.45) is 14.0. The second-order valence-corrected chi connectivity index (χ2v) is 23.1. The molecule has 0 aromatic rings. The molecular formula is C48H76N2O6. The number of carboxylic acids is 1. The monoisotopic (exact) mass is 777 g/mol. The molecule has 6 aliphatic carbocycles. The predicted molar refractivity (Wildman–Crippen MR) is 219 cm³/mol. The molecule has 8 nitrogen and oxygen atoms in total. The Morgan fingerprint density at radius 1 is 0.804 bits per heavy atom. The van der Waals surface area contributed by atoms with Crippen molar-refractivity contribution in [2.24, 2.45) is 73.4 Å². The van der Waals surface area contributed by atoms with Gasteiger partial charge in [-0.2, -0.15) is 0 Å². The van der Waals surface area contributed by atoms with Gasteiger partial charge in [0.25, 0.3) is 0 Å². The number of amides is 2. The lowest BCUT2D eigenvalue weighted by Gasteiger charge is -2.73. The Labute approximate surface area is 338 Å². The van der Waals surface area contributed by atoms with E-state index in [0.29, 0.717) is 29.6 Å². The number of esters is 1. The summed E-state index contributed by atoms with van der Waals surface area (Å²) in [6.45, 7) is 28.5. The third kappa shape index (κ3) is 6.07. The number of aliphatic carboxylic acids is 1. The van der Waals surface area contributed by atoms with Crippen LogP contribution in [0.5, 0.6) is 0 Å². The quantitative estimate of drug-likeness (QED) is 0.188. The van der Waals surface area contributed by atoms with Crippen LogP contribution < -0.4 is 5.32 Å². The number of hydrogen-bond acceptors (Lipinski definition) is 5. The van der Waals surface area contributed by atoms with Crippen LogP contribution in [0.25, 0.3) is 0 Å². The highest BCUT2D eigenvalue weighted by Crippen LogP contribution is 2.77. The van der Waals surface area contributed by atoms with Crippen LogP contribution in [-0.2, 0) is 23.9 Å². The topological polar surface area (TPSA) is 113 Å². The molecule has 56 heavy (non-hydrogen) atoms. The molecule has 2 amide bonds. The van der Waals surface area contributed by atoms with Crippen LogP contribution in [0.3, 0.4) is 0 Å². The number of fused-ring (bicyclic) bond motifs is 7. The van der Waals surface area contributed by atoms with Crippen LogP contribution in [-0.4, -0.2) is 59.0 Å². The van der Waals surface area contributed by atoms with Crippen molar-refractivity contribution < 1.29 is 29.0 Å². The molecule has 0 radical (unpaired) electrons. The van der Waals surface area contributed by atoms with Gasteiger partial charge in [0.1, 0.15) is 6.10 Å². The Morgan fingerprint density at radius 2 is 1.48 bits per heavy atom.